The van der Waals surface area contributed by atoms with Gasteiger partial charge in [0.05, 0.1) is 15.0 Å². The maximum Gasteiger partial charge on any atom is 0.143 e. The smallest absolute Gasteiger partial charge is 0.143 e. The van der Waals surface area contributed by atoms with Crippen molar-refractivity contribution >= 4 is 40.2 Å². The summed E-state index contributed by atoms with van der Waals surface area (Å²) < 4.78 is 1.14. The van der Waals surface area contributed by atoms with Crippen molar-refractivity contribution < 1.29 is 0 Å². The van der Waals surface area contributed by atoms with Crippen LogP contribution in [0.15, 0.2) is 35.2 Å². The molecule has 0 atom stereocenters. The summed E-state index contributed by atoms with van der Waals surface area (Å²) in [5.74, 6) is 2.63. The fraction of sp³-hybridized carbons (Fsp3) is 0.333. The number of nitrogens with one attached hydrogen (secondary N) is 1. The molecule has 0 saturated heterocycles. The molecule has 0 saturated carbocycles. The van der Waals surface area contributed by atoms with Crippen molar-refractivity contribution in [2.45, 2.75) is 30.4 Å². The number of hydrogen-bond donors (Lipinski definition) is 1. The second kappa shape index (κ2) is 7.83. The van der Waals surface area contributed by atoms with Gasteiger partial charge in [0.2, 0.25) is 0 Å². The normalized spacial score (nSPS) is 10.6. The van der Waals surface area contributed by atoms with Crippen LogP contribution in [-0.4, -0.2) is 17.0 Å². The molecular formula is C15H18IN3S. The molecule has 0 fully saturated rings. The number of halogens is 1. The first kappa shape index (κ1) is 15.6. The zero-order valence-corrected chi connectivity index (χ0v) is 14.7. The van der Waals surface area contributed by atoms with E-state index >= 15 is 0 Å². The second-order valence-electron chi connectivity index (χ2n) is 4.35. The van der Waals surface area contributed by atoms with Crippen LogP contribution in [0.3, 0.4) is 0 Å². The molecule has 0 aliphatic rings. The van der Waals surface area contributed by atoms with Crippen LogP contribution in [0.5, 0.6) is 0 Å². The summed E-state index contributed by atoms with van der Waals surface area (Å²) in [7, 11) is 1.91. The third-order valence-corrected chi connectivity index (χ3v) is 4.94. The van der Waals surface area contributed by atoms with Crippen LogP contribution in [0.4, 0.5) is 5.82 Å². The van der Waals surface area contributed by atoms with Crippen molar-refractivity contribution in [3.63, 3.8) is 0 Å². The van der Waals surface area contributed by atoms with E-state index in [1.54, 1.807) is 11.8 Å². The average Bonchev–Trinajstić information content (AvgIpc) is 2.49. The highest BCUT2D eigenvalue weighted by Gasteiger charge is 2.11. The molecule has 0 amide bonds. The SMILES string of the molecule is CCCc1nc(CSc2ccccc2)nc(NC)c1I. The molecule has 1 N–H and O–H groups in total. The number of thioether (sulfide) groups is 1. The summed E-state index contributed by atoms with van der Waals surface area (Å²) >= 11 is 4.10. The van der Waals surface area contributed by atoms with Crippen molar-refractivity contribution in [2.75, 3.05) is 12.4 Å². The minimum Gasteiger partial charge on any atom is -0.372 e. The molecule has 1 aromatic carbocycles. The number of hydrogen-bond acceptors (Lipinski definition) is 4. The molecule has 20 heavy (non-hydrogen) atoms. The van der Waals surface area contributed by atoms with Crippen molar-refractivity contribution in [1.29, 1.82) is 0 Å². The predicted octanol–water partition coefficient (Wildman–Crippen LogP) is 4.37. The van der Waals surface area contributed by atoms with Crippen LogP contribution < -0.4 is 5.32 Å². The molecule has 0 aliphatic carbocycles. The highest BCUT2D eigenvalue weighted by Crippen LogP contribution is 2.24. The fourth-order valence-electron chi connectivity index (χ4n) is 1.84. The summed E-state index contributed by atoms with van der Waals surface area (Å²) in [5.41, 5.74) is 1.15. The summed E-state index contributed by atoms with van der Waals surface area (Å²) in [4.78, 5) is 10.6. The Morgan fingerprint density at radius 2 is 1.95 bits per heavy atom. The van der Waals surface area contributed by atoms with Gasteiger partial charge in [-0.3, -0.25) is 0 Å². The van der Waals surface area contributed by atoms with E-state index in [1.807, 2.05) is 13.1 Å². The number of nitrogens with zero attached hydrogens (tertiary/aromatic N) is 2. The molecule has 5 heteroatoms. The fourth-order valence-corrected chi connectivity index (χ4v) is 3.40. The Balaban J connectivity index is 2.16. The van der Waals surface area contributed by atoms with E-state index < -0.39 is 0 Å². The van der Waals surface area contributed by atoms with Gasteiger partial charge in [-0.05, 0) is 41.1 Å². The standard InChI is InChI=1S/C15H18IN3S/c1-3-7-12-14(16)15(17-2)19-13(18-12)10-20-11-8-5-4-6-9-11/h4-6,8-9H,3,7,10H2,1-2H3,(H,17,18,19). The monoisotopic (exact) mass is 399 g/mol. The molecule has 1 heterocycles. The van der Waals surface area contributed by atoms with E-state index in [2.05, 4.69) is 64.1 Å². The van der Waals surface area contributed by atoms with Gasteiger partial charge in [0, 0.05) is 11.9 Å². The lowest BCUT2D eigenvalue weighted by molar-refractivity contribution is 0.846. The first-order valence-corrected chi connectivity index (χ1v) is 8.72. The van der Waals surface area contributed by atoms with Crippen molar-refractivity contribution in [2.24, 2.45) is 0 Å². The van der Waals surface area contributed by atoms with Crippen LogP contribution in [0, 0.1) is 3.57 Å². The van der Waals surface area contributed by atoms with Gasteiger partial charge in [-0.25, -0.2) is 9.97 Å². The Labute approximate surface area is 138 Å². The van der Waals surface area contributed by atoms with Gasteiger partial charge in [-0.1, -0.05) is 31.5 Å². The minimum atomic E-state index is 0.798. The van der Waals surface area contributed by atoms with Crippen LogP contribution in [-0.2, 0) is 12.2 Å². The summed E-state index contributed by atoms with van der Waals surface area (Å²) in [6.45, 7) is 2.18. The lowest BCUT2D eigenvalue weighted by Crippen LogP contribution is -2.07. The molecule has 0 bridgehead atoms. The summed E-state index contributed by atoms with van der Waals surface area (Å²) in [6, 6.07) is 10.4. The van der Waals surface area contributed by atoms with Gasteiger partial charge < -0.3 is 5.32 Å². The zero-order chi connectivity index (χ0) is 14.4. The maximum absolute atomic E-state index is 4.71. The lowest BCUT2D eigenvalue weighted by atomic mass is 10.2. The number of aromatic nitrogens is 2. The van der Waals surface area contributed by atoms with E-state index in [0.29, 0.717) is 0 Å². The van der Waals surface area contributed by atoms with Crippen molar-refractivity contribution in [1.82, 2.24) is 9.97 Å². The number of benzene rings is 1. The lowest BCUT2D eigenvalue weighted by Gasteiger charge is -2.10. The van der Waals surface area contributed by atoms with E-state index in [9.17, 15) is 0 Å². The van der Waals surface area contributed by atoms with Crippen LogP contribution in [0.25, 0.3) is 0 Å². The molecule has 0 radical (unpaired) electrons. The van der Waals surface area contributed by atoms with Gasteiger partial charge in [0.15, 0.2) is 0 Å². The van der Waals surface area contributed by atoms with Gasteiger partial charge in [0.1, 0.15) is 11.6 Å². The van der Waals surface area contributed by atoms with Crippen LogP contribution >= 0.6 is 34.4 Å². The second-order valence-corrected chi connectivity index (χ2v) is 6.48. The minimum absolute atomic E-state index is 0.798. The maximum atomic E-state index is 4.71. The Morgan fingerprint density at radius 1 is 1.20 bits per heavy atom. The average molecular weight is 399 g/mol. The van der Waals surface area contributed by atoms with Gasteiger partial charge in [-0.2, -0.15) is 0 Å². The first-order chi connectivity index (χ1) is 9.74. The molecule has 3 nitrogen and oxygen atoms in total. The summed E-state index contributed by atoms with van der Waals surface area (Å²) in [6.07, 6.45) is 2.10. The molecule has 106 valence electrons. The quantitative estimate of drug-likeness (QED) is 0.579. The zero-order valence-electron chi connectivity index (χ0n) is 11.7. The Kier molecular flexibility index (Phi) is 6.09. The summed E-state index contributed by atoms with van der Waals surface area (Å²) in [5, 5.41) is 3.16. The highest BCUT2D eigenvalue weighted by atomic mass is 127. The van der Waals surface area contributed by atoms with E-state index in [1.165, 1.54) is 4.90 Å². The molecular weight excluding hydrogens is 381 g/mol. The van der Waals surface area contributed by atoms with Gasteiger partial charge in [-0.15, -0.1) is 11.8 Å². The number of aryl methyl sites for hydroxylation is 1. The molecule has 0 aliphatic heterocycles. The topological polar surface area (TPSA) is 37.8 Å². The van der Waals surface area contributed by atoms with E-state index in [0.717, 1.165) is 39.5 Å². The first-order valence-electron chi connectivity index (χ1n) is 6.65. The van der Waals surface area contributed by atoms with E-state index in [-0.39, 0.29) is 0 Å². The predicted molar refractivity (Wildman–Crippen MR) is 94.3 cm³/mol. The van der Waals surface area contributed by atoms with Crippen molar-refractivity contribution in [3.8, 4) is 0 Å². The molecule has 0 unspecified atom stereocenters. The highest BCUT2D eigenvalue weighted by molar-refractivity contribution is 14.1. The van der Waals surface area contributed by atoms with Crippen molar-refractivity contribution in [3.05, 3.63) is 45.4 Å². The molecule has 2 rings (SSSR count). The van der Waals surface area contributed by atoms with Gasteiger partial charge >= 0.3 is 0 Å². The number of rotatable bonds is 6. The largest absolute Gasteiger partial charge is 0.372 e. The molecule has 1 aromatic heterocycles. The Bertz CT molecular complexity index is 561. The third kappa shape index (κ3) is 4.09. The van der Waals surface area contributed by atoms with Crippen LogP contribution in [0.2, 0.25) is 0 Å². The Hall–Kier alpha value is -0.820. The number of anilines is 1. The van der Waals surface area contributed by atoms with Crippen LogP contribution in [0.1, 0.15) is 24.9 Å². The van der Waals surface area contributed by atoms with Gasteiger partial charge in [0.25, 0.3) is 0 Å². The molecule has 0 spiro atoms. The van der Waals surface area contributed by atoms with E-state index in [4.69, 9.17) is 4.98 Å². The third-order valence-electron chi connectivity index (χ3n) is 2.80. The Morgan fingerprint density at radius 3 is 2.60 bits per heavy atom. The molecule has 2 aromatic rings.